The first-order valence-corrected chi connectivity index (χ1v) is 3.88. The second kappa shape index (κ2) is 3.47. The van der Waals surface area contributed by atoms with Gasteiger partial charge in [-0.3, -0.25) is 0 Å². The molecule has 0 aliphatic carbocycles. The highest BCUT2D eigenvalue weighted by Gasteiger charge is 1.89. The van der Waals surface area contributed by atoms with Crippen molar-refractivity contribution >= 4 is 28.3 Å². The second-order valence-corrected chi connectivity index (χ2v) is 2.35. The zero-order valence-electron chi connectivity index (χ0n) is 5.26. The Morgan fingerprint density at radius 1 is 1.30 bits per heavy atom. The number of benzene rings is 1. The van der Waals surface area contributed by atoms with Crippen LogP contribution >= 0.6 is 22.6 Å². The quantitative estimate of drug-likeness (QED) is 0.421. The van der Waals surface area contributed by atoms with Gasteiger partial charge in [-0.05, 0) is 16.1 Å². The smallest absolute Gasteiger partial charge is 0.0483 e. The molecule has 0 aliphatic rings. The minimum Gasteiger partial charge on any atom is -0.398 e. The fraction of sp³-hybridized carbons (Fsp3) is 0. The van der Waals surface area contributed by atoms with E-state index in [1.54, 1.807) is 0 Å². The molecule has 0 aromatic heterocycles. The maximum atomic E-state index is 5.60. The normalized spacial score (nSPS) is 8.10. The van der Waals surface area contributed by atoms with Crippen LogP contribution in [0.15, 0.2) is 24.3 Å². The molecule has 1 nitrogen and oxygen atoms in total. The number of hydrogen-bond donors (Lipinski definition) is 1. The summed E-state index contributed by atoms with van der Waals surface area (Å²) in [6.45, 7) is 0. The molecule has 0 spiro atoms. The maximum Gasteiger partial charge on any atom is 0.0483 e. The molecule has 1 aromatic rings. The van der Waals surface area contributed by atoms with Crippen molar-refractivity contribution in [3.05, 3.63) is 29.8 Å². The fourth-order valence-electron chi connectivity index (χ4n) is 0.662. The molecule has 0 saturated heterocycles. The Kier molecular flexibility index (Phi) is 2.57. The van der Waals surface area contributed by atoms with Crippen LogP contribution in [-0.2, 0) is 0 Å². The number of hydrogen-bond acceptors (Lipinski definition) is 1. The molecular weight excluding hydrogens is 237 g/mol. The first kappa shape index (κ1) is 7.42. The van der Waals surface area contributed by atoms with Crippen molar-refractivity contribution in [3.63, 3.8) is 0 Å². The van der Waals surface area contributed by atoms with Gasteiger partial charge < -0.3 is 5.73 Å². The summed E-state index contributed by atoms with van der Waals surface area (Å²) in [5.74, 6) is 2.89. The standard InChI is InChI=1S/C8H6IN/c9-6-5-7-3-1-2-4-8(7)10/h1-4H,10H2. The van der Waals surface area contributed by atoms with Crippen molar-refractivity contribution in [1.29, 1.82) is 0 Å². The summed E-state index contributed by atoms with van der Waals surface area (Å²) < 4.78 is 2.76. The number of nitrogen functional groups attached to an aromatic ring is 1. The molecule has 0 saturated carbocycles. The monoisotopic (exact) mass is 243 g/mol. The SMILES string of the molecule is Nc1ccccc1C#CI. The van der Waals surface area contributed by atoms with Gasteiger partial charge in [0.2, 0.25) is 0 Å². The Bertz CT molecular complexity index is 283. The molecule has 0 bridgehead atoms. The van der Waals surface area contributed by atoms with E-state index in [4.69, 9.17) is 5.73 Å². The Balaban J connectivity index is 3.11. The topological polar surface area (TPSA) is 26.0 Å². The Morgan fingerprint density at radius 2 is 2.00 bits per heavy atom. The summed E-state index contributed by atoms with van der Waals surface area (Å²) in [7, 11) is 0. The summed E-state index contributed by atoms with van der Waals surface area (Å²) in [4.78, 5) is 0. The number of rotatable bonds is 0. The van der Waals surface area contributed by atoms with Gasteiger partial charge in [-0.15, -0.1) is 0 Å². The molecule has 0 atom stereocenters. The van der Waals surface area contributed by atoms with Gasteiger partial charge in [-0.1, -0.05) is 18.1 Å². The van der Waals surface area contributed by atoms with Crippen LogP contribution in [0.1, 0.15) is 5.56 Å². The van der Waals surface area contributed by atoms with E-state index in [0.717, 1.165) is 11.3 Å². The van der Waals surface area contributed by atoms with Crippen LogP contribution in [0.4, 0.5) is 5.69 Å². The van der Waals surface area contributed by atoms with E-state index in [9.17, 15) is 0 Å². The van der Waals surface area contributed by atoms with E-state index in [1.165, 1.54) is 0 Å². The Morgan fingerprint density at radius 3 is 2.60 bits per heavy atom. The third-order valence-corrected chi connectivity index (χ3v) is 1.41. The number of anilines is 1. The Labute approximate surface area is 73.8 Å². The molecule has 10 heavy (non-hydrogen) atoms. The molecule has 0 amide bonds. The lowest BCUT2D eigenvalue weighted by molar-refractivity contribution is 1.63. The van der Waals surface area contributed by atoms with Crippen molar-refractivity contribution in [2.45, 2.75) is 0 Å². The van der Waals surface area contributed by atoms with Crippen molar-refractivity contribution in [2.24, 2.45) is 0 Å². The highest BCUT2D eigenvalue weighted by molar-refractivity contribution is 14.1. The van der Waals surface area contributed by atoms with Gasteiger partial charge in [0.05, 0.1) is 0 Å². The van der Waals surface area contributed by atoms with Crippen LogP contribution in [0, 0.1) is 9.85 Å². The summed E-state index contributed by atoms with van der Waals surface area (Å²) in [5.41, 5.74) is 7.24. The van der Waals surface area contributed by atoms with Gasteiger partial charge in [0.25, 0.3) is 0 Å². The van der Waals surface area contributed by atoms with E-state index in [-0.39, 0.29) is 0 Å². The third kappa shape index (κ3) is 1.64. The van der Waals surface area contributed by atoms with E-state index >= 15 is 0 Å². The van der Waals surface area contributed by atoms with E-state index in [0.29, 0.717) is 0 Å². The summed E-state index contributed by atoms with van der Waals surface area (Å²) in [5, 5.41) is 0. The molecule has 2 heteroatoms. The van der Waals surface area contributed by atoms with E-state index < -0.39 is 0 Å². The number of para-hydroxylation sites is 1. The Hall–Kier alpha value is -0.690. The third-order valence-electron chi connectivity index (χ3n) is 1.14. The number of nitrogens with two attached hydrogens (primary N) is 1. The average molecular weight is 243 g/mol. The van der Waals surface area contributed by atoms with Crippen molar-refractivity contribution in [3.8, 4) is 9.85 Å². The van der Waals surface area contributed by atoms with Crippen LogP contribution in [0.2, 0.25) is 0 Å². The predicted octanol–water partition coefficient (Wildman–Crippen LogP) is 2.01. The first-order chi connectivity index (χ1) is 4.84. The lowest BCUT2D eigenvalue weighted by atomic mass is 10.2. The van der Waals surface area contributed by atoms with Gasteiger partial charge in [0, 0.05) is 33.8 Å². The van der Waals surface area contributed by atoms with Crippen molar-refractivity contribution in [2.75, 3.05) is 5.73 Å². The predicted molar refractivity (Wildman–Crippen MR) is 51.8 cm³/mol. The van der Waals surface area contributed by atoms with Crippen LogP contribution < -0.4 is 5.73 Å². The fourth-order valence-corrected chi connectivity index (χ4v) is 0.952. The van der Waals surface area contributed by atoms with Gasteiger partial charge in [0.15, 0.2) is 0 Å². The zero-order chi connectivity index (χ0) is 7.40. The average Bonchev–Trinajstić information content (AvgIpc) is 1.94. The van der Waals surface area contributed by atoms with Gasteiger partial charge in [0.1, 0.15) is 0 Å². The largest absolute Gasteiger partial charge is 0.398 e. The first-order valence-electron chi connectivity index (χ1n) is 2.81. The molecule has 0 aliphatic heterocycles. The maximum absolute atomic E-state index is 5.60. The molecule has 1 rings (SSSR count). The molecule has 0 fully saturated rings. The molecule has 2 N–H and O–H groups in total. The van der Waals surface area contributed by atoms with Crippen molar-refractivity contribution in [1.82, 2.24) is 0 Å². The van der Waals surface area contributed by atoms with Crippen molar-refractivity contribution < 1.29 is 0 Å². The highest BCUT2D eigenvalue weighted by Crippen LogP contribution is 2.07. The molecule has 0 radical (unpaired) electrons. The van der Waals surface area contributed by atoms with Gasteiger partial charge in [-0.25, -0.2) is 0 Å². The van der Waals surface area contributed by atoms with E-state index in [2.05, 4.69) is 9.85 Å². The minimum absolute atomic E-state index is 0.742. The molecule has 1 aromatic carbocycles. The van der Waals surface area contributed by atoms with Gasteiger partial charge >= 0.3 is 0 Å². The van der Waals surface area contributed by atoms with Crippen LogP contribution in [-0.4, -0.2) is 0 Å². The van der Waals surface area contributed by atoms with Crippen LogP contribution in [0.5, 0.6) is 0 Å². The highest BCUT2D eigenvalue weighted by atomic mass is 127. The van der Waals surface area contributed by atoms with Crippen LogP contribution in [0.3, 0.4) is 0 Å². The molecule has 0 unspecified atom stereocenters. The van der Waals surface area contributed by atoms with E-state index in [1.807, 2.05) is 46.9 Å². The number of halogens is 1. The molecule has 50 valence electrons. The lowest BCUT2D eigenvalue weighted by Crippen LogP contribution is -1.87. The minimum atomic E-state index is 0.742. The lowest BCUT2D eigenvalue weighted by Gasteiger charge is -1.93. The molecule has 0 heterocycles. The summed E-state index contributed by atoms with van der Waals surface area (Å²) in [6.07, 6.45) is 0. The van der Waals surface area contributed by atoms with Gasteiger partial charge in [-0.2, -0.15) is 0 Å². The molecular formula is C8H6IN. The summed E-state index contributed by atoms with van der Waals surface area (Å²) in [6, 6.07) is 7.57. The van der Waals surface area contributed by atoms with Crippen LogP contribution in [0.25, 0.3) is 0 Å². The second-order valence-electron chi connectivity index (χ2n) is 1.81. The summed E-state index contributed by atoms with van der Waals surface area (Å²) >= 11 is 1.99. The zero-order valence-corrected chi connectivity index (χ0v) is 7.42.